The summed E-state index contributed by atoms with van der Waals surface area (Å²) in [5.41, 5.74) is 2.60. The molecule has 0 amide bonds. The number of hydrogen-bond acceptors (Lipinski definition) is 4. The number of fused-ring (bicyclic) bond motifs is 1. The van der Waals surface area contributed by atoms with Gasteiger partial charge in [0.1, 0.15) is 11.6 Å². The number of pyridine rings is 1. The summed E-state index contributed by atoms with van der Waals surface area (Å²) in [7, 11) is 1.58. The van der Waals surface area contributed by atoms with Crippen molar-refractivity contribution >= 4 is 11.2 Å². The Hall–Kier alpha value is -2.56. The summed E-state index contributed by atoms with van der Waals surface area (Å²) in [4.78, 5) is 11.9. The van der Waals surface area contributed by atoms with Gasteiger partial charge < -0.3 is 14.8 Å². The number of phenols is 1. The number of aromatic hydroxyl groups is 1. The second-order valence-corrected chi connectivity index (χ2v) is 4.25. The highest BCUT2D eigenvalue weighted by atomic mass is 16.5. The molecule has 0 atom stereocenters. The Morgan fingerprint density at radius 3 is 2.63 bits per heavy atom. The Morgan fingerprint density at radius 1 is 1.11 bits per heavy atom. The Kier molecular flexibility index (Phi) is 2.79. The van der Waals surface area contributed by atoms with Crippen molar-refractivity contribution in [1.82, 2.24) is 15.0 Å². The van der Waals surface area contributed by atoms with Gasteiger partial charge in [0.2, 0.25) is 5.88 Å². The van der Waals surface area contributed by atoms with E-state index >= 15 is 0 Å². The van der Waals surface area contributed by atoms with Crippen LogP contribution in [0, 0.1) is 0 Å². The van der Waals surface area contributed by atoms with Gasteiger partial charge in [-0.25, -0.2) is 4.98 Å². The molecular weight excluding hydrogens is 242 g/mol. The number of phenolic OH excluding ortho intramolecular Hbond substituents is 1. The van der Waals surface area contributed by atoms with E-state index in [1.54, 1.807) is 25.3 Å². The largest absolute Gasteiger partial charge is 0.508 e. The third-order valence-corrected chi connectivity index (χ3v) is 2.89. The van der Waals surface area contributed by atoms with E-state index < -0.39 is 0 Å². The van der Waals surface area contributed by atoms with Gasteiger partial charge in [-0.15, -0.1) is 0 Å². The standard InChI is InChI=1S/C14H13N3O2/c1-19-13-7-6-11-14(17-13)16-12(15-11)8-9-2-4-10(18)5-3-9/h2-7,18H,8H2,1H3,(H,15,16,17). The molecule has 5 heteroatoms. The van der Waals surface area contributed by atoms with Crippen LogP contribution in [-0.2, 0) is 6.42 Å². The fraction of sp³-hybridized carbons (Fsp3) is 0.143. The van der Waals surface area contributed by atoms with Gasteiger partial charge in [-0.3, -0.25) is 0 Å². The molecule has 1 aromatic carbocycles. The quantitative estimate of drug-likeness (QED) is 0.753. The molecule has 2 N–H and O–H groups in total. The maximum absolute atomic E-state index is 9.25. The second kappa shape index (κ2) is 4.61. The van der Waals surface area contributed by atoms with E-state index in [9.17, 15) is 5.11 Å². The van der Waals surface area contributed by atoms with Crippen LogP contribution in [0.5, 0.6) is 11.6 Å². The molecule has 0 fully saturated rings. The van der Waals surface area contributed by atoms with Crippen LogP contribution in [0.2, 0.25) is 0 Å². The normalized spacial score (nSPS) is 10.8. The average molecular weight is 255 g/mol. The topological polar surface area (TPSA) is 71.0 Å². The SMILES string of the molecule is COc1ccc2[nH]c(Cc3ccc(O)cc3)nc2n1. The van der Waals surface area contributed by atoms with E-state index in [4.69, 9.17) is 4.74 Å². The number of nitrogens with zero attached hydrogens (tertiary/aromatic N) is 2. The number of aromatic nitrogens is 3. The summed E-state index contributed by atoms with van der Waals surface area (Å²) < 4.78 is 5.07. The van der Waals surface area contributed by atoms with Crippen molar-refractivity contribution in [2.45, 2.75) is 6.42 Å². The molecule has 0 aliphatic heterocycles. The van der Waals surface area contributed by atoms with Gasteiger partial charge in [0.05, 0.1) is 12.6 Å². The van der Waals surface area contributed by atoms with E-state index in [0.29, 0.717) is 17.9 Å². The maximum Gasteiger partial charge on any atom is 0.215 e. The number of nitrogens with one attached hydrogen (secondary N) is 1. The number of imidazole rings is 1. The molecule has 19 heavy (non-hydrogen) atoms. The lowest BCUT2D eigenvalue weighted by molar-refractivity contribution is 0.399. The zero-order valence-electron chi connectivity index (χ0n) is 10.4. The van der Waals surface area contributed by atoms with Gasteiger partial charge in [0.15, 0.2) is 5.65 Å². The fourth-order valence-corrected chi connectivity index (χ4v) is 1.93. The molecule has 96 valence electrons. The highest BCUT2D eigenvalue weighted by Crippen LogP contribution is 2.17. The van der Waals surface area contributed by atoms with Crippen LogP contribution < -0.4 is 4.74 Å². The minimum atomic E-state index is 0.264. The average Bonchev–Trinajstić information content (AvgIpc) is 2.82. The lowest BCUT2D eigenvalue weighted by Crippen LogP contribution is -1.90. The van der Waals surface area contributed by atoms with E-state index in [0.717, 1.165) is 16.9 Å². The van der Waals surface area contributed by atoms with Crippen molar-refractivity contribution in [3.63, 3.8) is 0 Å². The Labute approximate surface area is 109 Å². The lowest BCUT2D eigenvalue weighted by atomic mass is 10.1. The van der Waals surface area contributed by atoms with Crippen LogP contribution in [0.3, 0.4) is 0 Å². The van der Waals surface area contributed by atoms with E-state index in [-0.39, 0.29) is 5.75 Å². The van der Waals surface area contributed by atoms with Gasteiger partial charge in [-0.05, 0) is 23.8 Å². The van der Waals surface area contributed by atoms with Crippen LogP contribution >= 0.6 is 0 Å². The summed E-state index contributed by atoms with van der Waals surface area (Å²) in [5.74, 6) is 1.65. The third-order valence-electron chi connectivity index (χ3n) is 2.89. The Bertz CT molecular complexity index is 704. The Balaban J connectivity index is 1.90. The first-order chi connectivity index (χ1) is 9.24. The monoisotopic (exact) mass is 255 g/mol. The predicted octanol–water partition coefficient (Wildman–Crippen LogP) is 2.26. The molecule has 3 rings (SSSR count). The maximum atomic E-state index is 9.25. The van der Waals surface area contributed by atoms with Crippen LogP contribution in [0.15, 0.2) is 36.4 Å². The van der Waals surface area contributed by atoms with Gasteiger partial charge >= 0.3 is 0 Å². The molecule has 5 nitrogen and oxygen atoms in total. The van der Waals surface area contributed by atoms with Crippen molar-refractivity contribution in [2.24, 2.45) is 0 Å². The molecule has 3 aromatic rings. The van der Waals surface area contributed by atoms with Gasteiger partial charge in [-0.1, -0.05) is 12.1 Å². The highest BCUT2D eigenvalue weighted by molar-refractivity contribution is 5.71. The molecule has 0 aliphatic rings. The van der Waals surface area contributed by atoms with Crippen molar-refractivity contribution in [1.29, 1.82) is 0 Å². The molecule has 2 heterocycles. The number of methoxy groups -OCH3 is 1. The zero-order valence-corrected chi connectivity index (χ0v) is 10.4. The number of hydrogen-bond donors (Lipinski definition) is 2. The number of benzene rings is 1. The molecule has 0 bridgehead atoms. The predicted molar refractivity (Wildman–Crippen MR) is 71.4 cm³/mol. The Morgan fingerprint density at radius 2 is 1.89 bits per heavy atom. The molecule has 0 unspecified atom stereocenters. The van der Waals surface area contributed by atoms with E-state index in [2.05, 4.69) is 15.0 Å². The summed E-state index contributed by atoms with van der Waals surface area (Å²) in [6.45, 7) is 0. The molecule has 0 spiro atoms. The highest BCUT2D eigenvalue weighted by Gasteiger charge is 2.06. The summed E-state index contributed by atoms with van der Waals surface area (Å²) in [6.07, 6.45) is 0.666. The number of ether oxygens (including phenoxy) is 1. The van der Waals surface area contributed by atoms with Gasteiger partial charge in [0, 0.05) is 12.5 Å². The van der Waals surface area contributed by atoms with Gasteiger partial charge in [0.25, 0.3) is 0 Å². The minimum absolute atomic E-state index is 0.264. The van der Waals surface area contributed by atoms with Crippen LogP contribution in [-0.4, -0.2) is 27.2 Å². The third kappa shape index (κ3) is 2.35. The molecule has 0 saturated carbocycles. The summed E-state index contributed by atoms with van der Waals surface area (Å²) >= 11 is 0. The number of H-pyrrole nitrogens is 1. The first-order valence-electron chi connectivity index (χ1n) is 5.92. The molecule has 2 aromatic heterocycles. The zero-order chi connectivity index (χ0) is 13.2. The van der Waals surface area contributed by atoms with Crippen LogP contribution in [0.4, 0.5) is 0 Å². The van der Waals surface area contributed by atoms with Crippen LogP contribution in [0.1, 0.15) is 11.4 Å². The lowest BCUT2D eigenvalue weighted by Gasteiger charge is -1.97. The van der Waals surface area contributed by atoms with Crippen LogP contribution in [0.25, 0.3) is 11.2 Å². The molecular formula is C14H13N3O2. The fourth-order valence-electron chi connectivity index (χ4n) is 1.93. The first kappa shape index (κ1) is 11.5. The van der Waals surface area contributed by atoms with Crippen molar-refractivity contribution in [3.8, 4) is 11.6 Å². The second-order valence-electron chi connectivity index (χ2n) is 4.25. The minimum Gasteiger partial charge on any atom is -0.508 e. The smallest absolute Gasteiger partial charge is 0.215 e. The van der Waals surface area contributed by atoms with Crippen molar-refractivity contribution < 1.29 is 9.84 Å². The molecule has 0 saturated heterocycles. The number of aromatic amines is 1. The number of rotatable bonds is 3. The summed E-state index contributed by atoms with van der Waals surface area (Å²) in [5, 5.41) is 9.25. The van der Waals surface area contributed by atoms with Crippen molar-refractivity contribution in [2.75, 3.05) is 7.11 Å². The molecule has 0 radical (unpaired) electrons. The van der Waals surface area contributed by atoms with E-state index in [1.165, 1.54) is 0 Å². The summed E-state index contributed by atoms with van der Waals surface area (Å²) in [6, 6.07) is 10.8. The van der Waals surface area contributed by atoms with Crippen molar-refractivity contribution in [3.05, 3.63) is 47.8 Å². The van der Waals surface area contributed by atoms with Gasteiger partial charge in [-0.2, -0.15) is 4.98 Å². The van der Waals surface area contributed by atoms with E-state index in [1.807, 2.05) is 18.2 Å². The first-order valence-corrected chi connectivity index (χ1v) is 5.92. The molecule has 0 aliphatic carbocycles.